The Balaban J connectivity index is 0.988. The van der Waals surface area contributed by atoms with Crippen molar-refractivity contribution in [3.8, 4) is 22.9 Å². The van der Waals surface area contributed by atoms with E-state index in [1.165, 1.54) is 0 Å². The van der Waals surface area contributed by atoms with Crippen LogP contribution in [0.4, 0.5) is 0 Å². The van der Waals surface area contributed by atoms with Gasteiger partial charge in [-0.25, -0.2) is 0 Å². The van der Waals surface area contributed by atoms with Crippen LogP contribution in [-0.2, 0) is 9.59 Å². The van der Waals surface area contributed by atoms with Crippen molar-refractivity contribution in [1.82, 2.24) is 34.8 Å². The molecule has 0 spiro atoms. The first-order valence-electron chi connectivity index (χ1n) is 19.9. The first-order chi connectivity index (χ1) is 29.1. The molecule has 4 heterocycles. The number of ketones is 1. The maximum atomic E-state index is 13.6. The fourth-order valence-corrected chi connectivity index (χ4v) is 7.90. The number of aliphatic imine (C=N–C) groups is 2. The maximum absolute atomic E-state index is 13.6. The molecule has 6 aromatic rings. The van der Waals surface area contributed by atoms with E-state index in [1.54, 1.807) is 7.11 Å². The van der Waals surface area contributed by atoms with Crippen molar-refractivity contribution < 1.29 is 19.1 Å². The zero-order valence-electron chi connectivity index (χ0n) is 33.7. The van der Waals surface area contributed by atoms with Gasteiger partial charge in [0.2, 0.25) is 5.91 Å². The van der Waals surface area contributed by atoms with Gasteiger partial charge in [-0.3, -0.25) is 28.7 Å². The van der Waals surface area contributed by atoms with Gasteiger partial charge in [0.15, 0.2) is 11.6 Å². The number of fused-ring (bicyclic) bond motifs is 6. The highest BCUT2D eigenvalue weighted by Gasteiger charge is 2.32. The van der Waals surface area contributed by atoms with Crippen LogP contribution in [0.25, 0.3) is 11.4 Å². The zero-order valence-corrected chi connectivity index (χ0v) is 35.2. The molecule has 1 amide bonds. The molecule has 2 atom stereocenters. The van der Waals surface area contributed by atoms with Gasteiger partial charge in [-0.05, 0) is 87.4 Å². The Hall–Kier alpha value is -6.18. The summed E-state index contributed by atoms with van der Waals surface area (Å²) in [5.74, 6) is 3.78. The second-order valence-electron chi connectivity index (χ2n) is 14.7. The molecule has 2 aromatic heterocycles. The summed E-state index contributed by atoms with van der Waals surface area (Å²) in [7, 11) is 1.62. The summed E-state index contributed by atoms with van der Waals surface area (Å²) in [5.41, 5.74) is 6.39. The molecule has 0 unspecified atom stereocenters. The number of hydrogen-bond donors (Lipinski definition) is 1. The fraction of sp³-hybridized carbons (Fsp3) is 0.289. The zero-order chi connectivity index (χ0) is 41.9. The minimum atomic E-state index is -0.623. The third-order valence-electron chi connectivity index (χ3n) is 10.5. The van der Waals surface area contributed by atoms with Gasteiger partial charge in [-0.15, -0.1) is 20.4 Å². The van der Waals surface area contributed by atoms with Gasteiger partial charge < -0.3 is 14.8 Å². The minimum Gasteiger partial charge on any atom is -0.497 e. The average Bonchev–Trinajstić information content (AvgIpc) is 3.75. The van der Waals surface area contributed by atoms with Crippen LogP contribution in [0.15, 0.2) is 94.9 Å². The number of carbonyl (C=O) groups is 2. The number of nitrogens with one attached hydrogen (secondary N) is 1. The van der Waals surface area contributed by atoms with Crippen LogP contribution in [0.5, 0.6) is 11.5 Å². The van der Waals surface area contributed by atoms with Gasteiger partial charge in [-0.2, -0.15) is 0 Å². The highest BCUT2D eigenvalue weighted by molar-refractivity contribution is 6.31. The summed E-state index contributed by atoms with van der Waals surface area (Å²) in [4.78, 5) is 36.9. The summed E-state index contributed by atoms with van der Waals surface area (Å²) in [6, 6.07) is 25.4. The van der Waals surface area contributed by atoms with E-state index in [0.29, 0.717) is 82.3 Å². The number of carbonyl (C=O) groups excluding carboxylic acids is 2. The highest BCUT2D eigenvalue weighted by Crippen LogP contribution is 2.36. The lowest BCUT2D eigenvalue weighted by atomic mass is 9.99. The molecule has 60 heavy (non-hydrogen) atoms. The third kappa shape index (κ3) is 8.32. The molecule has 1 N–H and O–H groups in total. The summed E-state index contributed by atoms with van der Waals surface area (Å²) < 4.78 is 15.8. The van der Waals surface area contributed by atoms with E-state index in [1.807, 2.05) is 115 Å². The fourth-order valence-electron chi connectivity index (χ4n) is 7.65. The Bertz CT molecular complexity index is 2630. The number of halogens is 2. The predicted octanol–water partition coefficient (Wildman–Crippen LogP) is 8.30. The Morgan fingerprint density at radius 3 is 1.75 bits per heavy atom. The third-order valence-corrected chi connectivity index (χ3v) is 11.0. The molecule has 0 aliphatic carbocycles. The molecule has 2 aliphatic heterocycles. The topological polar surface area (TPSA) is 151 Å². The summed E-state index contributed by atoms with van der Waals surface area (Å²) >= 11 is 12.5. The number of rotatable bonds is 14. The average molecular weight is 845 g/mol. The van der Waals surface area contributed by atoms with Crippen molar-refractivity contribution in [3.05, 3.63) is 141 Å². The second kappa shape index (κ2) is 17.6. The largest absolute Gasteiger partial charge is 0.497 e. The van der Waals surface area contributed by atoms with E-state index in [0.717, 1.165) is 40.0 Å². The number of nitrogens with zero attached hydrogens (tertiary/aromatic N) is 8. The molecule has 0 fully saturated rings. The Labute approximate surface area is 357 Å². The number of Topliss-reactive ketones (excluding diaryl/α,β-unsaturated/α-hetero) is 1. The molecule has 4 aromatic carbocycles. The van der Waals surface area contributed by atoms with E-state index < -0.39 is 12.1 Å². The lowest BCUT2D eigenvalue weighted by Crippen LogP contribution is -2.27. The van der Waals surface area contributed by atoms with Gasteiger partial charge in [0.05, 0.1) is 42.9 Å². The Morgan fingerprint density at radius 1 is 0.700 bits per heavy atom. The van der Waals surface area contributed by atoms with Crippen LogP contribution >= 0.6 is 23.2 Å². The summed E-state index contributed by atoms with van der Waals surface area (Å²) in [6.45, 7) is 6.47. The van der Waals surface area contributed by atoms with Gasteiger partial charge >= 0.3 is 0 Å². The molecule has 13 nitrogen and oxygen atoms in total. The van der Waals surface area contributed by atoms with Gasteiger partial charge in [0.25, 0.3) is 0 Å². The maximum Gasteiger partial charge on any atom is 0.222 e. The van der Waals surface area contributed by atoms with E-state index in [2.05, 4.69) is 25.7 Å². The molecule has 8 rings (SSSR count). The molecule has 15 heteroatoms. The van der Waals surface area contributed by atoms with Crippen molar-refractivity contribution in [1.29, 1.82) is 0 Å². The Kier molecular flexibility index (Phi) is 11.9. The second-order valence-corrected chi connectivity index (χ2v) is 15.6. The number of amides is 1. The van der Waals surface area contributed by atoms with Crippen molar-refractivity contribution in [2.24, 2.45) is 9.98 Å². The molecule has 0 bridgehead atoms. The molecule has 0 saturated carbocycles. The first kappa shape index (κ1) is 40.6. The van der Waals surface area contributed by atoms with E-state index >= 15 is 0 Å². The standard InChI is InChI=1S/C45H43Cl2N9O4/c1-5-7-32(57)22-37-44-53-51-26(2)55(44)40-19-17-34(24-36(40)43(49-37)29-10-14-31(47)15-11-29)60-21-6-20-48-41(58)25-38-45-54-52-27(3)56(45)39-18-16-33(59-4)23-35(39)42(50-38)28-8-12-30(46)13-9-28/h8-19,23-24,37-38H,5-7,20-22,25H2,1-4H3,(H,48,58)/t37-,38-/m0/s1. The lowest BCUT2D eigenvalue weighted by molar-refractivity contribution is -0.121. The van der Waals surface area contributed by atoms with Gasteiger partial charge in [-0.1, -0.05) is 54.4 Å². The smallest absolute Gasteiger partial charge is 0.222 e. The number of aromatic nitrogens is 6. The highest BCUT2D eigenvalue weighted by atomic mass is 35.5. The number of benzene rings is 4. The lowest BCUT2D eigenvalue weighted by Gasteiger charge is -2.15. The summed E-state index contributed by atoms with van der Waals surface area (Å²) in [6.07, 6.45) is 2.03. The Morgan fingerprint density at radius 2 is 1.22 bits per heavy atom. The van der Waals surface area contributed by atoms with Crippen LogP contribution in [-0.4, -0.2) is 72.9 Å². The quantitative estimate of drug-likeness (QED) is 0.108. The number of methoxy groups -OCH3 is 1. The molecular formula is C45H43Cl2N9O4. The van der Waals surface area contributed by atoms with Crippen molar-refractivity contribution >= 4 is 46.3 Å². The van der Waals surface area contributed by atoms with E-state index in [9.17, 15) is 9.59 Å². The molecule has 306 valence electrons. The molecule has 0 saturated heterocycles. The number of aryl methyl sites for hydroxylation is 2. The molecule has 0 radical (unpaired) electrons. The molecular weight excluding hydrogens is 801 g/mol. The minimum absolute atomic E-state index is 0.0500. The van der Waals surface area contributed by atoms with Crippen LogP contribution in [0.2, 0.25) is 10.0 Å². The van der Waals surface area contributed by atoms with Crippen molar-refractivity contribution in [3.63, 3.8) is 0 Å². The van der Waals surface area contributed by atoms with Crippen LogP contribution in [0.1, 0.15) is 96.7 Å². The van der Waals surface area contributed by atoms with Crippen LogP contribution in [0, 0.1) is 13.8 Å². The summed E-state index contributed by atoms with van der Waals surface area (Å²) in [5, 5.41) is 22.0. The van der Waals surface area contributed by atoms with Gasteiger partial charge in [0, 0.05) is 51.7 Å². The number of hydrogen-bond acceptors (Lipinski definition) is 10. The normalized spacial score (nSPS) is 15.3. The van der Waals surface area contributed by atoms with Crippen molar-refractivity contribution in [2.75, 3.05) is 20.3 Å². The van der Waals surface area contributed by atoms with Crippen LogP contribution in [0.3, 0.4) is 0 Å². The van der Waals surface area contributed by atoms with E-state index in [-0.39, 0.29) is 24.5 Å². The number of ether oxygens (including phenoxy) is 2. The SMILES string of the molecule is CCCC(=O)C[C@@H]1N=C(c2ccc(Cl)cc2)c2cc(OCCCNC(=O)C[C@@H]3N=C(c4ccc(Cl)cc4)c4cc(OC)ccc4-n4c(C)nnc43)ccc2-n2c(C)nnc21. The van der Waals surface area contributed by atoms with Crippen LogP contribution < -0.4 is 14.8 Å². The predicted molar refractivity (Wildman–Crippen MR) is 231 cm³/mol. The van der Waals surface area contributed by atoms with Crippen molar-refractivity contribution in [2.45, 2.75) is 65.0 Å². The monoisotopic (exact) mass is 843 g/mol. The van der Waals surface area contributed by atoms with E-state index in [4.69, 9.17) is 42.7 Å². The molecule has 2 aliphatic rings. The first-order valence-corrected chi connectivity index (χ1v) is 20.6. The van der Waals surface area contributed by atoms with Gasteiger partial charge in [0.1, 0.15) is 41.0 Å².